The molecule has 0 amide bonds. The molecule has 0 fully saturated rings. The zero-order valence-corrected chi connectivity index (χ0v) is 20.0. The molecule has 0 unspecified atom stereocenters. The molecule has 5 aromatic carbocycles. The average molecular weight is 475 g/mol. The number of benzene rings is 5. The molecule has 36 heavy (non-hydrogen) atoms. The molecule has 0 saturated carbocycles. The van der Waals surface area contributed by atoms with Crippen LogP contribution in [0.15, 0.2) is 119 Å². The van der Waals surface area contributed by atoms with Crippen LogP contribution in [0.4, 0.5) is 0 Å². The first-order chi connectivity index (χ1) is 17.9. The van der Waals surface area contributed by atoms with E-state index in [0.717, 1.165) is 5.52 Å². The Morgan fingerprint density at radius 1 is 0.667 bits per heavy atom. The fourth-order valence-corrected chi connectivity index (χ4v) is 7.62. The van der Waals surface area contributed by atoms with Crippen molar-refractivity contribution in [2.75, 3.05) is 0 Å². The number of hydrogen-bond acceptors (Lipinski definition) is 2. The number of imidazole rings is 1. The third-order valence-corrected chi connectivity index (χ3v) is 9.00. The molecule has 2 aromatic heterocycles. The van der Waals surface area contributed by atoms with Gasteiger partial charge in [-0.3, -0.25) is 4.57 Å². The molecule has 7 aromatic rings. The minimum atomic E-state index is 0.215. The summed E-state index contributed by atoms with van der Waals surface area (Å²) >= 11 is 1.89. The Morgan fingerprint density at radius 3 is 2.22 bits per heavy atom. The largest absolute Gasteiger partial charge is 0.309 e. The van der Waals surface area contributed by atoms with Crippen LogP contribution >= 0.6 is 11.8 Å². The molecule has 166 valence electrons. The zero-order valence-electron chi connectivity index (χ0n) is 19.2. The van der Waals surface area contributed by atoms with Gasteiger partial charge in [-0.2, -0.15) is 0 Å². The van der Waals surface area contributed by atoms with Gasteiger partial charge in [-0.1, -0.05) is 84.0 Å². The molecule has 9 rings (SSSR count). The van der Waals surface area contributed by atoms with Crippen LogP contribution in [0.1, 0.15) is 0 Å². The summed E-state index contributed by atoms with van der Waals surface area (Å²) in [7, 11) is 0. The molecule has 0 aliphatic carbocycles. The fraction of sp³-hybridized carbons (Fsp3) is 0. The summed E-state index contributed by atoms with van der Waals surface area (Å²) < 4.78 is 4.73. The second-order valence-electron chi connectivity index (χ2n) is 9.65. The Balaban J connectivity index is 1.44. The number of nitrogens with zero attached hydrogens (tertiary/aromatic N) is 3. The highest BCUT2D eigenvalue weighted by molar-refractivity contribution is 8.00. The molecule has 2 aliphatic rings. The number of aromatic nitrogens is 3. The summed E-state index contributed by atoms with van der Waals surface area (Å²) in [6, 6.07) is 37.7. The first-order valence-corrected chi connectivity index (χ1v) is 13.1. The maximum absolute atomic E-state index is 4.81. The van der Waals surface area contributed by atoms with E-state index in [1.54, 1.807) is 0 Å². The van der Waals surface area contributed by atoms with Gasteiger partial charge in [0.1, 0.15) is 6.33 Å². The third-order valence-electron chi connectivity index (χ3n) is 7.85. The Morgan fingerprint density at radius 2 is 1.39 bits per heavy atom. The molecule has 4 heterocycles. The molecule has 0 saturated heterocycles. The Labute approximate surface area is 212 Å². The molecule has 0 atom stereocenters. The molecule has 0 N–H and O–H groups in total. The summed E-state index contributed by atoms with van der Waals surface area (Å²) in [6.07, 6.45) is 2.00. The van der Waals surface area contributed by atoms with Gasteiger partial charge in [0.05, 0.1) is 22.1 Å². The van der Waals surface area contributed by atoms with Crippen molar-refractivity contribution < 1.29 is 0 Å². The molecule has 0 radical (unpaired) electrons. The van der Waals surface area contributed by atoms with Gasteiger partial charge >= 0.3 is 0 Å². The van der Waals surface area contributed by atoms with Gasteiger partial charge in [-0.15, -0.1) is 0 Å². The van der Waals surface area contributed by atoms with Crippen LogP contribution in [0.25, 0.3) is 44.2 Å². The van der Waals surface area contributed by atoms with E-state index in [1.807, 2.05) is 18.1 Å². The maximum atomic E-state index is 4.81. The molecular formula is C31H18BN3S. The quantitative estimate of drug-likeness (QED) is 0.296. The van der Waals surface area contributed by atoms with E-state index in [1.165, 1.54) is 64.9 Å². The van der Waals surface area contributed by atoms with Crippen molar-refractivity contribution in [3.05, 3.63) is 109 Å². The van der Waals surface area contributed by atoms with E-state index in [2.05, 4.69) is 112 Å². The molecule has 2 aliphatic heterocycles. The van der Waals surface area contributed by atoms with Gasteiger partial charge in [-0.25, -0.2) is 4.98 Å². The molecule has 0 bridgehead atoms. The zero-order chi connectivity index (χ0) is 23.4. The number of fused-ring (bicyclic) bond motifs is 7. The van der Waals surface area contributed by atoms with Gasteiger partial charge < -0.3 is 4.57 Å². The topological polar surface area (TPSA) is 22.8 Å². The van der Waals surface area contributed by atoms with Crippen LogP contribution in [0, 0.1) is 0 Å². The van der Waals surface area contributed by atoms with E-state index in [-0.39, 0.29) is 6.71 Å². The van der Waals surface area contributed by atoms with Crippen molar-refractivity contribution in [2.24, 2.45) is 0 Å². The Hall–Kier alpha value is -4.22. The van der Waals surface area contributed by atoms with Crippen LogP contribution < -0.4 is 16.4 Å². The van der Waals surface area contributed by atoms with E-state index in [4.69, 9.17) is 4.98 Å². The first kappa shape index (κ1) is 19.0. The minimum absolute atomic E-state index is 0.215. The maximum Gasteiger partial charge on any atom is 0.249 e. The molecule has 3 nitrogen and oxygen atoms in total. The van der Waals surface area contributed by atoms with Crippen LogP contribution in [-0.4, -0.2) is 20.8 Å². The highest BCUT2D eigenvalue weighted by atomic mass is 32.2. The lowest BCUT2D eigenvalue weighted by atomic mass is 9.35. The lowest BCUT2D eigenvalue weighted by Gasteiger charge is -2.33. The fourth-order valence-electron chi connectivity index (χ4n) is 6.42. The minimum Gasteiger partial charge on any atom is -0.309 e. The second kappa shape index (κ2) is 6.71. The van der Waals surface area contributed by atoms with Crippen LogP contribution in [-0.2, 0) is 0 Å². The number of hydrogen-bond donors (Lipinski definition) is 0. The van der Waals surface area contributed by atoms with Crippen molar-refractivity contribution in [1.82, 2.24) is 14.1 Å². The monoisotopic (exact) mass is 475 g/mol. The van der Waals surface area contributed by atoms with E-state index in [0.29, 0.717) is 0 Å². The van der Waals surface area contributed by atoms with Gasteiger partial charge in [0, 0.05) is 31.9 Å². The summed E-state index contributed by atoms with van der Waals surface area (Å²) in [5, 5.41) is 2.57. The summed E-state index contributed by atoms with van der Waals surface area (Å²) in [5.74, 6) is 0. The molecular weight excluding hydrogens is 457 g/mol. The lowest BCUT2D eigenvalue weighted by molar-refractivity contribution is 1.07. The highest BCUT2D eigenvalue weighted by Gasteiger charge is 2.39. The van der Waals surface area contributed by atoms with Gasteiger partial charge in [0.25, 0.3) is 0 Å². The smallest absolute Gasteiger partial charge is 0.249 e. The first-order valence-electron chi connectivity index (χ1n) is 12.3. The molecule has 0 spiro atoms. The van der Waals surface area contributed by atoms with Crippen LogP contribution in [0.5, 0.6) is 0 Å². The lowest BCUT2D eigenvalue weighted by Crippen LogP contribution is -2.58. The predicted octanol–water partition coefficient (Wildman–Crippen LogP) is 5.42. The van der Waals surface area contributed by atoms with Crippen molar-refractivity contribution in [3.8, 4) is 11.4 Å². The van der Waals surface area contributed by atoms with Gasteiger partial charge in [0.2, 0.25) is 6.71 Å². The number of rotatable bonds is 1. The van der Waals surface area contributed by atoms with Crippen molar-refractivity contribution in [2.45, 2.75) is 9.79 Å². The molecule has 5 heteroatoms. The third kappa shape index (κ3) is 2.29. The SMILES string of the molecule is c1ccc2c(c1)Sc1cc(-n3c4ccccc4c4ccccc43)cc3c1B2c1cccc2ncn-3c12. The average Bonchev–Trinajstić information content (AvgIpc) is 3.51. The second-order valence-corrected chi connectivity index (χ2v) is 10.7. The summed E-state index contributed by atoms with van der Waals surface area (Å²) in [4.78, 5) is 7.47. The van der Waals surface area contributed by atoms with Crippen LogP contribution in [0.3, 0.4) is 0 Å². The summed E-state index contributed by atoms with van der Waals surface area (Å²) in [6.45, 7) is 0.215. The van der Waals surface area contributed by atoms with Crippen molar-refractivity contribution in [1.29, 1.82) is 0 Å². The van der Waals surface area contributed by atoms with Gasteiger partial charge in [0.15, 0.2) is 0 Å². The van der Waals surface area contributed by atoms with E-state index >= 15 is 0 Å². The van der Waals surface area contributed by atoms with E-state index < -0.39 is 0 Å². The van der Waals surface area contributed by atoms with Crippen molar-refractivity contribution in [3.63, 3.8) is 0 Å². The Bertz CT molecular complexity index is 2000. The summed E-state index contributed by atoms with van der Waals surface area (Å²) in [5.41, 5.74) is 11.3. The van der Waals surface area contributed by atoms with Crippen molar-refractivity contribution >= 4 is 67.7 Å². The predicted molar refractivity (Wildman–Crippen MR) is 151 cm³/mol. The standard InChI is InChI=1S/C31H18BN3S/c1-4-13-25-20(8-1)21-9-2-5-14-26(21)35(25)19-16-27-30-29(17-19)36-28-15-6-3-10-22(28)32(30)23-11-7-12-24-31(23)34(27)18-33-24/h1-18H. The van der Waals surface area contributed by atoms with Gasteiger partial charge in [-0.05, 0) is 47.3 Å². The van der Waals surface area contributed by atoms with E-state index in [9.17, 15) is 0 Å². The van der Waals surface area contributed by atoms with Crippen LogP contribution in [0.2, 0.25) is 0 Å². The normalized spacial score (nSPS) is 13.4. The Kier molecular flexibility index (Phi) is 3.55. The number of para-hydroxylation sites is 3. The highest BCUT2D eigenvalue weighted by Crippen LogP contribution is 2.38.